The summed E-state index contributed by atoms with van der Waals surface area (Å²) in [5.41, 5.74) is 9.82. The summed E-state index contributed by atoms with van der Waals surface area (Å²) in [6.07, 6.45) is -0.881. The molecule has 0 bridgehead atoms. The topological polar surface area (TPSA) is 88.2 Å². The van der Waals surface area contributed by atoms with Gasteiger partial charge in [-0.2, -0.15) is 0 Å². The average molecular weight is 176 g/mol. The Hall–Kier alpha value is -1.13. The van der Waals surface area contributed by atoms with Crippen molar-refractivity contribution in [1.29, 1.82) is 5.41 Å². The zero-order chi connectivity index (χ0) is 10.1. The number of nitrogens with two attached hydrogens (primary N) is 2. The first-order valence-electron chi connectivity index (χ1n) is 3.57. The SMILES string of the molecule is CC(=N)N.CC(N)=NCC(C)F. The molecule has 0 heterocycles. The van der Waals surface area contributed by atoms with Crippen molar-refractivity contribution in [2.45, 2.75) is 26.9 Å². The molecule has 0 rings (SSSR count). The fourth-order valence-electron chi connectivity index (χ4n) is 0.270. The van der Waals surface area contributed by atoms with Crippen LogP contribution in [0.15, 0.2) is 4.99 Å². The summed E-state index contributed by atoms with van der Waals surface area (Å²) in [4.78, 5) is 3.64. The largest absolute Gasteiger partial charge is 0.388 e. The van der Waals surface area contributed by atoms with E-state index in [0.717, 1.165) is 0 Å². The minimum atomic E-state index is -0.881. The van der Waals surface area contributed by atoms with Gasteiger partial charge in [0.05, 0.1) is 18.2 Å². The standard InChI is InChI=1S/C5H11FN2.C2H6N2/c1-4(6)3-8-5(2)7;1-2(3)4/h4H,3H2,1-2H3,(H2,7,8);1H3,(H3,3,4). The van der Waals surface area contributed by atoms with Gasteiger partial charge < -0.3 is 11.5 Å². The number of amidine groups is 2. The molecule has 0 saturated heterocycles. The number of aliphatic imine (C=N–C) groups is 1. The molecule has 12 heavy (non-hydrogen) atoms. The van der Waals surface area contributed by atoms with Crippen LogP contribution < -0.4 is 11.5 Å². The van der Waals surface area contributed by atoms with Crippen molar-refractivity contribution >= 4 is 11.7 Å². The lowest BCUT2D eigenvalue weighted by atomic mass is 10.4. The van der Waals surface area contributed by atoms with Crippen molar-refractivity contribution < 1.29 is 4.39 Å². The Morgan fingerprint density at radius 3 is 1.92 bits per heavy atom. The van der Waals surface area contributed by atoms with Crippen LogP contribution in [0.2, 0.25) is 0 Å². The summed E-state index contributed by atoms with van der Waals surface area (Å²) < 4.78 is 11.9. The Morgan fingerprint density at radius 2 is 1.83 bits per heavy atom. The van der Waals surface area contributed by atoms with Crippen molar-refractivity contribution in [1.82, 2.24) is 0 Å². The van der Waals surface area contributed by atoms with E-state index in [4.69, 9.17) is 16.9 Å². The number of hydrogen-bond donors (Lipinski definition) is 3. The third-order valence-corrected chi connectivity index (χ3v) is 0.592. The molecule has 4 nitrogen and oxygen atoms in total. The molecular formula is C7H17FN4. The molecule has 0 aliphatic rings. The molecule has 0 radical (unpaired) electrons. The van der Waals surface area contributed by atoms with E-state index in [1.165, 1.54) is 13.8 Å². The molecule has 0 spiro atoms. The van der Waals surface area contributed by atoms with Crippen molar-refractivity contribution in [3.8, 4) is 0 Å². The summed E-state index contributed by atoms with van der Waals surface area (Å²) in [7, 11) is 0. The van der Waals surface area contributed by atoms with Gasteiger partial charge in [0.15, 0.2) is 0 Å². The fraction of sp³-hybridized carbons (Fsp3) is 0.714. The number of halogens is 1. The first kappa shape index (κ1) is 13.5. The van der Waals surface area contributed by atoms with Crippen LogP contribution in [-0.4, -0.2) is 24.4 Å². The van der Waals surface area contributed by atoms with Crippen LogP contribution in [0.25, 0.3) is 0 Å². The Bertz CT molecular complexity index is 145. The van der Waals surface area contributed by atoms with Gasteiger partial charge in [-0.15, -0.1) is 0 Å². The van der Waals surface area contributed by atoms with E-state index < -0.39 is 6.17 Å². The van der Waals surface area contributed by atoms with Gasteiger partial charge in [-0.1, -0.05) is 0 Å². The highest BCUT2D eigenvalue weighted by atomic mass is 19.1. The third kappa shape index (κ3) is 36.7. The highest BCUT2D eigenvalue weighted by Gasteiger charge is 1.92. The van der Waals surface area contributed by atoms with E-state index in [1.54, 1.807) is 6.92 Å². The zero-order valence-electron chi connectivity index (χ0n) is 7.76. The van der Waals surface area contributed by atoms with E-state index in [9.17, 15) is 4.39 Å². The van der Waals surface area contributed by atoms with Gasteiger partial charge in [-0.25, -0.2) is 4.39 Å². The second kappa shape index (κ2) is 7.97. The predicted octanol–water partition coefficient (Wildman–Crippen LogP) is 0.664. The minimum absolute atomic E-state index is 0.167. The molecule has 0 amide bonds. The van der Waals surface area contributed by atoms with Crippen LogP contribution in [0.5, 0.6) is 0 Å². The molecule has 0 aromatic carbocycles. The zero-order valence-corrected chi connectivity index (χ0v) is 7.76. The van der Waals surface area contributed by atoms with Gasteiger partial charge in [0.1, 0.15) is 6.17 Å². The van der Waals surface area contributed by atoms with Crippen LogP contribution >= 0.6 is 0 Å². The number of nitrogens with one attached hydrogen (secondary N) is 1. The second-order valence-electron chi connectivity index (χ2n) is 2.45. The molecule has 0 saturated carbocycles. The number of hydrogen-bond acceptors (Lipinski definition) is 2. The smallest absolute Gasteiger partial charge is 0.117 e. The highest BCUT2D eigenvalue weighted by Crippen LogP contribution is 1.86. The summed E-state index contributed by atoms with van der Waals surface area (Å²) in [6.45, 7) is 4.80. The molecule has 0 aliphatic carbocycles. The highest BCUT2D eigenvalue weighted by molar-refractivity contribution is 5.77. The van der Waals surface area contributed by atoms with Crippen LogP contribution in [0, 0.1) is 5.41 Å². The van der Waals surface area contributed by atoms with E-state index in [2.05, 4.69) is 4.99 Å². The molecule has 5 N–H and O–H groups in total. The summed E-state index contributed by atoms with van der Waals surface area (Å²) >= 11 is 0. The normalized spacial score (nSPS) is 12.8. The Morgan fingerprint density at radius 1 is 1.50 bits per heavy atom. The van der Waals surface area contributed by atoms with Gasteiger partial charge in [0.25, 0.3) is 0 Å². The molecule has 0 aromatic rings. The summed E-state index contributed by atoms with van der Waals surface area (Å²) in [6, 6.07) is 0. The van der Waals surface area contributed by atoms with Gasteiger partial charge in [0, 0.05) is 0 Å². The van der Waals surface area contributed by atoms with E-state index in [-0.39, 0.29) is 12.4 Å². The molecule has 0 aliphatic heterocycles. The maximum Gasteiger partial charge on any atom is 0.117 e. The fourth-order valence-corrected chi connectivity index (χ4v) is 0.270. The van der Waals surface area contributed by atoms with Crippen molar-refractivity contribution in [2.24, 2.45) is 16.5 Å². The lowest BCUT2D eigenvalue weighted by Crippen LogP contribution is -2.09. The van der Waals surface area contributed by atoms with Crippen LogP contribution in [0.4, 0.5) is 4.39 Å². The Labute approximate surface area is 72.4 Å². The van der Waals surface area contributed by atoms with Gasteiger partial charge in [-0.3, -0.25) is 10.4 Å². The molecule has 1 atom stereocenters. The maximum absolute atomic E-state index is 11.9. The monoisotopic (exact) mass is 176 g/mol. The Kier molecular flexibility index (Phi) is 8.94. The van der Waals surface area contributed by atoms with Gasteiger partial charge in [-0.05, 0) is 20.8 Å². The lowest BCUT2D eigenvalue weighted by Gasteiger charge is -1.93. The predicted molar refractivity (Wildman–Crippen MR) is 50.3 cm³/mol. The van der Waals surface area contributed by atoms with Crippen molar-refractivity contribution in [3.05, 3.63) is 0 Å². The number of nitrogens with zero attached hydrogens (tertiary/aromatic N) is 1. The maximum atomic E-state index is 11.9. The summed E-state index contributed by atoms with van der Waals surface area (Å²) in [5.74, 6) is 0.606. The second-order valence-corrected chi connectivity index (χ2v) is 2.45. The molecule has 5 heteroatoms. The van der Waals surface area contributed by atoms with Gasteiger partial charge in [0.2, 0.25) is 0 Å². The molecule has 72 valence electrons. The molecule has 1 unspecified atom stereocenters. The number of alkyl halides is 1. The minimum Gasteiger partial charge on any atom is -0.388 e. The van der Waals surface area contributed by atoms with E-state index in [0.29, 0.717) is 5.84 Å². The van der Waals surface area contributed by atoms with E-state index in [1.807, 2.05) is 0 Å². The first-order chi connectivity index (χ1) is 5.36. The molecular weight excluding hydrogens is 159 g/mol. The van der Waals surface area contributed by atoms with Crippen molar-refractivity contribution in [3.63, 3.8) is 0 Å². The summed E-state index contributed by atoms with van der Waals surface area (Å²) in [5, 5.41) is 6.28. The van der Waals surface area contributed by atoms with E-state index >= 15 is 0 Å². The van der Waals surface area contributed by atoms with Crippen LogP contribution in [0.3, 0.4) is 0 Å². The third-order valence-electron chi connectivity index (χ3n) is 0.592. The first-order valence-corrected chi connectivity index (χ1v) is 3.57. The molecule has 0 fully saturated rings. The van der Waals surface area contributed by atoms with Crippen LogP contribution in [0.1, 0.15) is 20.8 Å². The Balaban J connectivity index is 0. The quantitative estimate of drug-likeness (QED) is 0.426. The van der Waals surface area contributed by atoms with Crippen LogP contribution in [-0.2, 0) is 0 Å². The average Bonchev–Trinajstić information content (AvgIpc) is 1.82. The lowest BCUT2D eigenvalue weighted by molar-refractivity contribution is 0.371. The number of rotatable bonds is 2. The molecule has 0 aromatic heterocycles. The van der Waals surface area contributed by atoms with Gasteiger partial charge >= 0.3 is 0 Å². The van der Waals surface area contributed by atoms with Crippen molar-refractivity contribution in [2.75, 3.05) is 6.54 Å².